The number of carbonyl (C=O) groups excluding carboxylic acids is 1. The summed E-state index contributed by atoms with van der Waals surface area (Å²) in [6, 6.07) is 9.35. The van der Waals surface area contributed by atoms with Crippen molar-refractivity contribution in [1.29, 1.82) is 0 Å². The minimum Gasteiger partial charge on any atom is -0.393 e. The first-order chi connectivity index (χ1) is 10.9. The maximum atomic E-state index is 12.3. The number of nitrogens with zero attached hydrogens (tertiary/aromatic N) is 2. The van der Waals surface area contributed by atoms with Crippen LogP contribution in [0.2, 0.25) is 0 Å². The monoisotopic (exact) mass is 328 g/mol. The number of nitrogens with one attached hydrogen (secondary N) is 1. The van der Waals surface area contributed by atoms with Crippen LogP contribution >= 0.6 is 11.3 Å². The van der Waals surface area contributed by atoms with Gasteiger partial charge in [0.15, 0.2) is 0 Å². The number of hydrogen-bond acceptors (Lipinski definition) is 6. The van der Waals surface area contributed by atoms with E-state index in [2.05, 4.69) is 10.3 Å². The second-order valence-corrected chi connectivity index (χ2v) is 6.13. The number of benzene rings is 2. The number of fused-ring (bicyclic) bond motifs is 1. The van der Waals surface area contributed by atoms with E-state index < -0.39 is 10.8 Å². The van der Waals surface area contributed by atoms with Crippen LogP contribution in [0.15, 0.2) is 36.4 Å². The average Bonchev–Trinajstić information content (AvgIpc) is 2.86. The third-order valence-electron chi connectivity index (χ3n) is 3.24. The molecule has 116 valence electrons. The lowest BCUT2D eigenvalue weighted by Crippen LogP contribution is -2.12. The second kappa shape index (κ2) is 5.65. The quantitative estimate of drug-likeness (QED) is 0.435. The number of amides is 1. The molecule has 23 heavy (non-hydrogen) atoms. The molecule has 0 bridgehead atoms. The Morgan fingerprint density at radius 1 is 1.30 bits per heavy atom. The molecule has 0 saturated heterocycles. The molecule has 8 heteroatoms. The second-order valence-electron chi connectivity index (χ2n) is 4.90. The van der Waals surface area contributed by atoms with E-state index in [0.717, 1.165) is 15.2 Å². The van der Waals surface area contributed by atoms with E-state index in [9.17, 15) is 14.9 Å². The minimum atomic E-state index is -0.613. The molecule has 3 aromatic rings. The Bertz CT molecular complexity index is 936. The van der Waals surface area contributed by atoms with Gasteiger partial charge in [-0.25, -0.2) is 4.98 Å². The first-order valence-corrected chi connectivity index (χ1v) is 7.48. The summed E-state index contributed by atoms with van der Waals surface area (Å²) >= 11 is 1.53. The molecule has 1 heterocycles. The molecule has 0 unspecified atom stereocenters. The molecule has 0 aliphatic heterocycles. The van der Waals surface area contributed by atoms with E-state index >= 15 is 0 Å². The third-order valence-corrected chi connectivity index (χ3v) is 4.18. The SMILES string of the molecule is Cc1nc2ccc(NC(=O)c3ccc(N)c([N+](=O)[O-])c3)cc2s1. The molecule has 0 saturated carbocycles. The van der Waals surface area contributed by atoms with Crippen LogP contribution in [0.5, 0.6) is 0 Å². The Morgan fingerprint density at radius 3 is 2.83 bits per heavy atom. The van der Waals surface area contributed by atoms with Gasteiger partial charge in [-0.3, -0.25) is 14.9 Å². The van der Waals surface area contributed by atoms with Gasteiger partial charge in [0, 0.05) is 17.3 Å². The van der Waals surface area contributed by atoms with Crippen molar-refractivity contribution in [2.45, 2.75) is 6.92 Å². The van der Waals surface area contributed by atoms with Crippen molar-refractivity contribution in [3.63, 3.8) is 0 Å². The first kappa shape index (κ1) is 14.9. The fourth-order valence-electron chi connectivity index (χ4n) is 2.16. The molecule has 0 atom stereocenters. The number of aromatic nitrogens is 1. The highest BCUT2D eigenvalue weighted by Gasteiger charge is 2.16. The number of anilines is 2. The van der Waals surface area contributed by atoms with E-state index in [1.807, 2.05) is 19.1 Å². The van der Waals surface area contributed by atoms with Gasteiger partial charge >= 0.3 is 0 Å². The van der Waals surface area contributed by atoms with Crippen molar-refractivity contribution in [1.82, 2.24) is 4.98 Å². The highest BCUT2D eigenvalue weighted by molar-refractivity contribution is 7.18. The van der Waals surface area contributed by atoms with Gasteiger partial charge in [0.05, 0.1) is 20.1 Å². The van der Waals surface area contributed by atoms with Crippen molar-refractivity contribution in [3.8, 4) is 0 Å². The van der Waals surface area contributed by atoms with Crippen LogP contribution in [0, 0.1) is 17.0 Å². The fourth-order valence-corrected chi connectivity index (χ4v) is 3.03. The smallest absolute Gasteiger partial charge is 0.292 e. The molecule has 0 aliphatic rings. The van der Waals surface area contributed by atoms with Crippen LogP contribution in [0.3, 0.4) is 0 Å². The van der Waals surface area contributed by atoms with Crippen molar-refractivity contribution in [2.24, 2.45) is 0 Å². The van der Waals surface area contributed by atoms with Gasteiger partial charge in [0.25, 0.3) is 11.6 Å². The maximum Gasteiger partial charge on any atom is 0.292 e. The zero-order valence-corrected chi connectivity index (χ0v) is 12.9. The van der Waals surface area contributed by atoms with E-state index in [1.54, 1.807) is 6.07 Å². The molecule has 2 aromatic carbocycles. The van der Waals surface area contributed by atoms with Crippen molar-refractivity contribution < 1.29 is 9.72 Å². The zero-order valence-electron chi connectivity index (χ0n) is 12.1. The van der Waals surface area contributed by atoms with Crippen LogP contribution in [0.4, 0.5) is 17.1 Å². The number of rotatable bonds is 3. The van der Waals surface area contributed by atoms with E-state index in [1.165, 1.54) is 29.5 Å². The first-order valence-electron chi connectivity index (χ1n) is 6.66. The summed E-state index contributed by atoms with van der Waals surface area (Å²) in [7, 11) is 0. The molecule has 0 radical (unpaired) electrons. The maximum absolute atomic E-state index is 12.3. The number of nitro groups is 1. The lowest BCUT2D eigenvalue weighted by molar-refractivity contribution is -0.383. The summed E-state index contributed by atoms with van der Waals surface area (Å²) in [6.07, 6.45) is 0. The molecule has 0 aliphatic carbocycles. The summed E-state index contributed by atoms with van der Waals surface area (Å²) < 4.78 is 0.962. The minimum absolute atomic E-state index is 0.0214. The van der Waals surface area contributed by atoms with Gasteiger partial charge in [0.2, 0.25) is 0 Å². The molecule has 0 fully saturated rings. The summed E-state index contributed by atoms with van der Waals surface area (Å²) in [5.74, 6) is -0.436. The average molecular weight is 328 g/mol. The topological polar surface area (TPSA) is 111 Å². The highest BCUT2D eigenvalue weighted by atomic mass is 32.1. The summed E-state index contributed by atoms with van der Waals surface area (Å²) in [6.45, 7) is 1.91. The van der Waals surface area contributed by atoms with Gasteiger partial charge in [-0.2, -0.15) is 0 Å². The van der Waals surface area contributed by atoms with E-state index in [4.69, 9.17) is 5.73 Å². The number of nitro benzene ring substituents is 1. The Hall–Kier alpha value is -3.00. The van der Waals surface area contributed by atoms with E-state index in [-0.39, 0.29) is 16.9 Å². The lowest BCUT2D eigenvalue weighted by atomic mass is 10.1. The van der Waals surface area contributed by atoms with Crippen LogP contribution in [0.25, 0.3) is 10.2 Å². The van der Waals surface area contributed by atoms with Gasteiger partial charge in [-0.05, 0) is 37.3 Å². The fraction of sp³-hybridized carbons (Fsp3) is 0.0667. The molecule has 3 N–H and O–H groups in total. The number of aryl methyl sites for hydroxylation is 1. The molecular formula is C15H12N4O3S. The Balaban J connectivity index is 1.88. The van der Waals surface area contributed by atoms with Crippen molar-refractivity contribution >= 4 is 44.5 Å². The largest absolute Gasteiger partial charge is 0.393 e. The highest BCUT2D eigenvalue weighted by Crippen LogP contribution is 2.26. The van der Waals surface area contributed by atoms with Crippen molar-refractivity contribution in [2.75, 3.05) is 11.1 Å². The van der Waals surface area contributed by atoms with Gasteiger partial charge in [-0.15, -0.1) is 11.3 Å². The molecule has 1 aromatic heterocycles. The molecule has 1 amide bonds. The number of thiazole rings is 1. The summed E-state index contributed by atoms with van der Waals surface area (Å²) in [5, 5.41) is 14.6. The predicted molar refractivity (Wildman–Crippen MR) is 89.8 cm³/mol. The van der Waals surface area contributed by atoms with Gasteiger partial charge in [-0.1, -0.05) is 0 Å². The van der Waals surface area contributed by atoms with Crippen LogP contribution in [-0.2, 0) is 0 Å². The number of nitrogens with two attached hydrogens (primary N) is 1. The Morgan fingerprint density at radius 2 is 2.09 bits per heavy atom. The lowest BCUT2D eigenvalue weighted by Gasteiger charge is -2.06. The van der Waals surface area contributed by atoms with E-state index in [0.29, 0.717) is 5.69 Å². The normalized spacial score (nSPS) is 10.7. The van der Waals surface area contributed by atoms with Gasteiger partial charge < -0.3 is 11.1 Å². The zero-order chi connectivity index (χ0) is 16.6. The van der Waals surface area contributed by atoms with Crippen LogP contribution < -0.4 is 11.1 Å². The molecule has 3 rings (SSSR count). The number of nitrogen functional groups attached to an aromatic ring is 1. The summed E-state index contributed by atoms with van der Waals surface area (Å²) in [4.78, 5) is 26.9. The van der Waals surface area contributed by atoms with Crippen LogP contribution in [-0.4, -0.2) is 15.8 Å². The Kier molecular flexibility index (Phi) is 3.67. The summed E-state index contributed by atoms with van der Waals surface area (Å²) in [5.41, 5.74) is 6.91. The van der Waals surface area contributed by atoms with Gasteiger partial charge in [0.1, 0.15) is 5.69 Å². The molecular weight excluding hydrogens is 316 g/mol. The predicted octanol–water partition coefficient (Wildman–Crippen LogP) is 3.35. The molecule has 0 spiro atoms. The standard InChI is InChI=1S/C15H12N4O3S/c1-8-17-12-5-3-10(7-14(12)23-8)18-15(20)9-2-4-11(16)13(6-9)19(21)22/h2-7H,16H2,1H3,(H,18,20). The molecule has 7 nitrogen and oxygen atoms in total. The number of hydrogen-bond donors (Lipinski definition) is 2. The van der Waals surface area contributed by atoms with Crippen molar-refractivity contribution in [3.05, 3.63) is 57.1 Å². The number of carbonyl (C=O) groups is 1. The van der Waals surface area contributed by atoms with Crippen LogP contribution in [0.1, 0.15) is 15.4 Å². The third kappa shape index (κ3) is 2.97. The Labute approximate surface area is 134 Å².